The van der Waals surface area contributed by atoms with Crippen LogP contribution in [0, 0.1) is 10.1 Å². The second-order valence-electron chi connectivity index (χ2n) is 4.03. The minimum absolute atomic E-state index is 0.0165. The number of carbonyl (C=O) groups is 1. The number of urea groups is 1. The quantitative estimate of drug-likeness (QED) is 0.693. The zero-order chi connectivity index (χ0) is 14.7. The van der Waals surface area contributed by atoms with Gasteiger partial charge < -0.3 is 4.90 Å². The van der Waals surface area contributed by atoms with Crippen LogP contribution in [0.25, 0.3) is 10.2 Å². The van der Waals surface area contributed by atoms with Crippen molar-refractivity contribution in [3.8, 4) is 0 Å². The van der Waals surface area contributed by atoms with E-state index in [9.17, 15) is 14.9 Å². The number of nitrogens with zero attached hydrogens (tertiary/aromatic N) is 3. The number of nitrogens with one attached hydrogen (secondary N) is 1. The molecule has 0 spiro atoms. The first kappa shape index (κ1) is 14.2. The van der Waals surface area contributed by atoms with E-state index in [2.05, 4.69) is 10.3 Å². The zero-order valence-corrected chi connectivity index (χ0v) is 11.9. The Bertz CT molecular complexity index is 651. The summed E-state index contributed by atoms with van der Waals surface area (Å²) in [4.78, 5) is 28.0. The maximum Gasteiger partial charge on any atom is 0.323 e. The number of aromatic nitrogens is 1. The lowest BCUT2D eigenvalue weighted by Crippen LogP contribution is -2.34. The highest BCUT2D eigenvalue weighted by molar-refractivity contribution is 7.22. The molecule has 8 heteroatoms. The van der Waals surface area contributed by atoms with Gasteiger partial charge in [0.2, 0.25) is 0 Å². The molecule has 1 aromatic carbocycles. The molecule has 0 unspecified atom stereocenters. The van der Waals surface area contributed by atoms with Crippen LogP contribution >= 0.6 is 11.3 Å². The van der Waals surface area contributed by atoms with Crippen molar-refractivity contribution in [2.75, 3.05) is 18.4 Å². The van der Waals surface area contributed by atoms with Crippen molar-refractivity contribution < 1.29 is 9.72 Å². The van der Waals surface area contributed by atoms with Crippen LogP contribution in [0.2, 0.25) is 0 Å². The number of carbonyl (C=O) groups excluding carboxylic acids is 1. The molecule has 7 nitrogen and oxygen atoms in total. The Balaban J connectivity index is 2.24. The molecular formula is C12H14N4O3S. The van der Waals surface area contributed by atoms with Gasteiger partial charge in [0.15, 0.2) is 5.13 Å². The van der Waals surface area contributed by atoms with Crippen LogP contribution in [0.15, 0.2) is 18.2 Å². The van der Waals surface area contributed by atoms with Gasteiger partial charge in [-0.15, -0.1) is 0 Å². The minimum Gasteiger partial charge on any atom is -0.325 e. The van der Waals surface area contributed by atoms with Gasteiger partial charge in [-0.2, -0.15) is 0 Å². The fourth-order valence-electron chi connectivity index (χ4n) is 1.76. The molecule has 20 heavy (non-hydrogen) atoms. The Morgan fingerprint density at radius 1 is 1.45 bits per heavy atom. The van der Waals surface area contributed by atoms with E-state index in [1.807, 2.05) is 13.8 Å². The number of thiazole rings is 1. The maximum absolute atomic E-state index is 11.9. The predicted molar refractivity (Wildman–Crippen MR) is 78.2 cm³/mol. The number of nitro benzene ring substituents is 1. The lowest BCUT2D eigenvalue weighted by Gasteiger charge is -2.17. The topological polar surface area (TPSA) is 88.4 Å². The molecule has 2 aromatic rings. The summed E-state index contributed by atoms with van der Waals surface area (Å²) in [5.41, 5.74) is 0.651. The van der Waals surface area contributed by atoms with Crippen molar-refractivity contribution in [2.24, 2.45) is 0 Å². The highest BCUT2D eigenvalue weighted by Gasteiger charge is 2.14. The Kier molecular flexibility index (Phi) is 4.14. The number of amides is 2. The van der Waals surface area contributed by atoms with Crippen LogP contribution in [-0.4, -0.2) is 33.9 Å². The highest BCUT2D eigenvalue weighted by Crippen LogP contribution is 2.29. The molecule has 0 bridgehead atoms. The van der Waals surface area contributed by atoms with Crippen LogP contribution in [0.3, 0.4) is 0 Å². The van der Waals surface area contributed by atoms with E-state index in [1.54, 1.807) is 11.0 Å². The van der Waals surface area contributed by atoms with Gasteiger partial charge in [-0.3, -0.25) is 15.4 Å². The summed E-state index contributed by atoms with van der Waals surface area (Å²) in [6.45, 7) is 5.01. The number of non-ortho nitro benzene ring substituents is 1. The summed E-state index contributed by atoms with van der Waals surface area (Å²) < 4.78 is 0.675. The third-order valence-electron chi connectivity index (χ3n) is 2.85. The maximum atomic E-state index is 11.9. The first-order valence-electron chi connectivity index (χ1n) is 6.16. The average molecular weight is 294 g/mol. The molecule has 2 amide bonds. The zero-order valence-electron chi connectivity index (χ0n) is 11.1. The second-order valence-corrected chi connectivity index (χ2v) is 5.06. The molecule has 1 heterocycles. The standard InChI is InChI=1S/C12H14N4O3S/c1-3-15(4-2)12(17)14-11-13-9-6-5-8(16(18)19)7-10(9)20-11/h5-7H,3-4H2,1-2H3,(H,13,14,17). The van der Waals surface area contributed by atoms with Gasteiger partial charge in [-0.1, -0.05) is 11.3 Å². The fraction of sp³-hybridized carbons (Fsp3) is 0.333. The van der Waals surface area contributed by atoms with Gasteiger partial charge in [0, 0.05) is 25.2 Å². The lowest BCUT2D eigenvalue weighted by atomic mass is 10.3. The number of anilines is 1. The minimum atomic E-state index is -0.451. The summed E-state index contributed by atoms with van der Waals surface area (Å²) in [5.74, 6) is 0. The Morgan fingerprint density at radius 3 is 2.75 bits per heavy atom. The van der Waals surface area contributed by atoms with Crippen LogP contribution in [0.1, 0.15) is 13.8 Å². The summed E-state index contributed by atoms with van der Waals surface area (Å²) in [7, 11) is 0. The van der Waals surface area contributed by atoms with Crippen molar-refractivity contribution >= 4 is 38.4 Å². The molecule has 0 aliphatic carbocycles. The Hall–Kier alpha value is -2.22. The van der Waals surface area contributed by atoms with Gasteiger partial charge in [0.25, 0.3) is 5.69 Å². The molecule has 0 saturated heterocycles. The second kappa shape index (κ2) is 5.83. The van der Waals surface area contributed by atoms with E-state index in [0.717, 1.165) is 0 Å². The summed E-state index contributed by atoms with van der Waals surface area (Å²) in [6.07, 6.45) is 0. The van der Waals surface area contributed by atoms with Crippen molar-refractivity contribution in [3.05, 3.63) is 28.3 Å². The van der Waals surface area contributed by atoms with Crippen LogP contribution in [-0.2, 0) is 0 Å². The summed E-state index contributed by atoms with van der Waals surface area (Å²) in [5, 5.41) is 13.9. The van der Waals surface area contributed by atoms with Crippen LogP contribution < -0.4 is 5.32 Å². The van der Waals surface area contributed by atoms with Crippen molar-refractivity contribution in [1.82, 2.24) is 9.88 Å². The lowest BCUT2D eigenvalue weighted by molar-refractivity contribution is -0.384. The summed E-state index contributed by atoms with van der Waals surface area (Å²) in [6, 6.07) is 4.22. The third kappa shape index (κ3) is 2.85. The van der Waals surface area contributed by atoms with Crippen LogP contribution in [0.5, 0.6) is 0 Å². The van der Waals surface area contributed by atoms with Gasteiger partial charge in [-0.05, 0) is 19.9 Å². The van der Waals surface area contributed by atoms with Crippen molar-refractivity contribution in [2.45, 2.75) is 13.8 Å². The van der Waals surface area contributed by atoms with Gasteiger partial charge in [0.05, 0.1) is 15.1 Å². The number of fused-ring (bicyclic) bond motifs is 1. The first-order chi connectivity index (χ1) is 9.55. The number of hydrogen-bond donors (Lipinski definition) is 1. The molecule has 1 N–H and O–H groups in total. The first-order valence-corrected chi connectivity index (χ1v) is 6.97. The number of hydrogen-bond acceptors (Lipinski definition) is 5. The number of benzene rings is 1. The largest absolute Gasteiger partial charge is 0.325 e. The molecular weight excluding hydrogens is 280 g/mol. The van der Waals surface area contributed by atoms with E-state index < -0.39 is 4.92 Å². The summed E-state index contributed by atoms with van der Waals surface area (Å²) >= 11 is 1.22. The Morgan fingerprint density at radius 2 is 2.15 bits per heavy atom. The molecule has 0 atom stereocenters. The van der Waals surface area contributed by atoms with E-state index >= 15 is 0 Å². The van der Waals surface area contributed by atoms with Gasteiger partial charge in [0.1, 0.15) is 0 Å². The van der Waals surface area contributed by atoms with Crippen LogP contribution in [0.4, 0.5) is 15.6 Å². The molecule has 0 saturated carbocycles. The normalized spacial score (nSPS) is 10.5. The SMILES string of the molecule is CCN(CC)C(=O)Nc1nc2ccc([N+](=O)[O-])cc2s1. The molecule has 0 radical (unpaired) electrons. The smallest absolute Gasteiger partial charge is 0.323 e. The third-order valence-corrected chi connectivity index (χ3v) is 3.78. The monoisotopic (exact) mass is 294 g/mol. The predicted octanol–water partition coefficient (Wildman–Crippen LogP) is 3.08. The fourth-order valence-corrected chi connectivity index (χ4v) is 2.65. The molecule has 0 aliphatic heterocycles. The van der Waals surface area contributed by atoms with E-state index in [4.69, 9.17) is 0 Å². The highest BCUT2D eigenvalue weighted by atomic mass is 32.1. The number of nitro groups is 1. The van der Waals surface area contributed by atoms with E-state index in [1.165, 1.54) is 23.5 Å². The Labute approximate surface area is 119 Å². The van der Waals surface area contributed by atoms with Crippen molar-refractivity contribution in [1.29, 1.82) is 0 Å². The molecule has 1 aromatic heterocycles. The molecule has 0 aliphatic rings. The molecule has 2 rings (SSSR count). The van der Waals surface area contributed by atoms with Crippen molar-refractivity contribution in [3.63, 3.8) is 0 Å². The average Bonchev–Trinajstić information content (AvgIpc) is 2.80. The molecule has 106 valence electrons. The number of rotatable bonds is 4. The van der Waals surface area contributed by atoms with Gasteiger partial charge in [-0.25, -0.2) is 9.78 Å². The molecule has 0 fully saturated rings. The van der Waals surface area contributed by atoms with E-state index in [0.29, 0.717) is 28.4 Å². The van der Waals surface area contributed by atoms with Gasteiger partial charge >= 0.3 is 6.03 Å². The van der Waals surface area contributed by atoms with E-state index in [-0.39, 0.29) is 11.7 Å².